The molecule has 1 aromatic rings. The predicted molar refractivity (Wildman–Crippen MR) is 60.1 cm³/mol. The number of hydrogen-bond acceptors (Lipinski definition) is 4. The van der Waals surface area contributed by atoms with Gasteiger partial charge in [-0.1, -0.05) is 18.2 Å². The third-order valence-electron chi connectivity index (χ3n) is 2.39. The van der Waals surface area contributed by atoms with E-state index >= 15 is 0 Å². The Kier molecular flexibility index (Phi) is 2.92. The van der Waals surface area contributed by atoms with Crippen molar-refractivity contribution in [2.75, 3.05) is 11.6 Å². The fourth-order valence-corrected chi connectivity index (χ4v) is 1.63. The summed E-state index contributed by atoms with van der Waals surface area (Å²) < 4.78 is 4.91. The molecule has 1 N–H and O–H groups in total. The topological polar surface area (TPSA) is 49.8 Å². The molecule has 1 aromatic carbocycles. The lowest BCUT2D eigenvalue weighted by Gasteiger charge is -2.21. The zero-order chi connectivity index (χ0) is 11.5. The number of rotatable bonds is 2. The maximum Gasteiger partial charge on any atom is 0.302 e. The maximum atomic E-state index is 10.7. The van der Waals surface area contributed by atoms with Crippen LogP contribution in [0.15, 0.2) is 24.3 Å². The van der Waals surface area contributed by atoms with Crippen LogP contribution in [0.25, 0.3) is 6.08 Å². The Morgan fingerprint density at radius 3 is 3.12 bits per heavy atom. The Labute approximate surface area is 93.7 Å². The van der Waals surface area contributed by atoms with Crippen LogP contribution in [-0.2, 0) is 16.1 Å². The Bertz CT molecular complexity index is 440. The molecule has 0 saturated heterocycles. The molecule has 16 heavy (non-hydrogen) atoms. The third kappa shape index (κ3) is 2.23. The molecule has 1 aliphatic heterocycles. The molecule has 0 bridgehead atoms. The SMILES string of the molecule is CC(=O)OCc1ccc2c(c1)C=CCN2O. The Morgan fingerprint density at radius 1 is 1.56 bits per heavy atom. The molecule has 84 valence electrons. The van der Waals surface area contributed by atoms with Crippen molar-refractivity contribution in [2.24, 2.45) is 0 Å². The normalized spacial score (nSPS) is 13.5. The minimum Gasteiger partial charge on any atom is -0.461 e. The predicted octanol–water partition coefficient (Wildman–Crippen LogP) is 1.97. The molecule has 4 nitrogen and oxygen atoms in total. The van der Waals surface area contributed by atoms with Crippen molar-refractivity contribution in [3.63, 3.8) is 0 Å². The highest BCUT2D eigenvalue weighted by Crippen LogP contribution is 2.25. The maximum absolute atomic E-state index is 10.7. The highest BCUT2D eigenvalue weighted by atomic mass is 16.5. The van der Waals surface area contributed by atoms with E-state index in [0.717, 1.165) is 16.8 Å². The third-order valence-corrected chi connectivity index (χ3v) is 2.39. The average Bonchev–Trinajstić information content (AvgIpc) is 2.26. The summed E-state index contributed by atoms with van der Waals surface area (Å²) in [4.78, 5) is 10.7. The van der Waals surface area contributed by atoms with Crippen molar-refractivity contribution < 1.29 is 14.7 Å². The van der Waals surface area contributed by atoms with Crippen LogP contribution in [0.5, 0.6) is 0 Å². The van der Waals surface area contributed by atoms with Gasteiger partial charge >= 0.3 is 5.97 Å². The van der Waals surface area contributed by atoms with Crippen molar-refractivity contribution in [3.05, 3.63) is 35.4 Å². The van der Waals surface area contributed by atoms with Gasteiger partial charge in [-0.2, -0.15) is 0 Å². The number of fused-ring (bicyclic) bond motifs is 1. The van der Waals surface area contributed by atoms with Crippen molar-refractivity contribution >= 4 is 17.7 Å². The molecule has 2 rings (SSSR count). The van der Waals surface area contributed by atoms with Crippen molar-refractivity contribution in [1.82, 2.24) is 0 Å². The molecule has 0 spiro atoms. The number of hydroxylamine groups is 1. The summed E-state index contributed by atoms with van der Waals surface area (Å²) in [6, 6.07) is 5.55. The summed E-state index contributed by atoms with van der Waals surface area (Å²) in [5.74, 6) is -0.294. The molecule has 1 aliphatic rings. The van der Waals surface area contributed by atoms with Gasteiger partial charge in [0.25, 0.3) is 0 Å². The average molecular weight is 219 g/mol. The Hall–Kier alpha value is -1.81. The molecule has 0 saturated carbocycles. The number of carbonyl (C=O) groups is 1. The lowest BCUT2D eigenvalue weighted by atomic mass is 10.1. The first-order valence-corrected chi connectivity index (χ1v) is 5.06. The van der Waals surface area contributed by atoms with Crippen molar-refractivity contribution in [2.45, 2.75) is 13.5 Å². The van der Waals surface area contributed by atoms with Crippen LogP contribution in [0.2, 0.25) is 0 Å². The number of benzene rings is 1. The second-order valence-electron chi connectivity index (χ2n) is 3.66. The van der Waals surface area contributed by atoms with E-state index in [-0.39, 0.29) is 12.6 Å². The summed E-state index contributed by atoms with van der Waals surface area (Å²) in [6.07, 6.45) is 3.82. The van der Waals surface area contributed by atoms with Crippen molar-refractivity contribution in [1.29, 1.82) is 0 Å². The molecule has 0 fully saturated rings. The van der Waals surface area contributed by atoms with Gasteiger partial charge in [-0.25, -0.2) is 0 Å². The summed E-state index contributed by atoms with van der Waals surface area (Å²) in [6.45, 7) is 2.14. The van der Waals surface area contributed by atoms with E-state index in [1.807, 2.05) is 30.4 Å². The number of ether oxygens (including phenoxy) is 1. The van der Waals surface area contributed by atoms with E-state index in [4.69, 9.17) is 4.74 Å². The van der Waals surface area contributed by atoms with Gasteiger partial charge in [-0.15, -0.1) is 0 Å². The van der Waals surface area contributed by atoms with Crippen molar-refractivity contribution in [3.8, 4) is 0 Å². The minimum absolute atomic E-state index is 0.266. The first-order valence-electron chi connectivity index (χ1n) is 5.06. The van der Waals surface area contributed by atoms with Gasteiger partial charge in [-0.3, -0.25) is 15.1 Å². The van der Waals surface area contributed by atoms with Gasteiger partial charge in [0.1, 0.15) is 6.61 Å². The molecule has 1 heterocycles. The molecular weight excluding hydrogens is 206 g/mol. The van der Waals surface area contributed by atoms with E-state index in [1.165, 1.54) is 12.0 Å². The first kappa shape index (κ1) is 10.7. The monoisotopic (exact) mass is 219 g/mol. The Balaban J connectivity index is 2.20. The second kappa shape index (κ2) is 4.37. The number of carbonyl (C=O) groups excluding carboxylic acids is 1. The molecule has 4 heteroatoms. The van der Waals surface area contributed by atoms with E-state index in [0.29, 0.717) is 6.54 Å². The van der Waals surface area contributed by atoms with Crippen LogP contribution in [0.1, 0.15) is 18.1 Å². The lowest BCUT2D eigenvalue weighted by Crippen LogP contribution is -2.21. The standard InChI is InChI=1S/C12H13NO3/c1-9(14)16-8-10-4-5-12-11(7-10)3-2-6-13(12)15/h2-5,7,15H,6,8H2,1H3. The first-order chi connectivity index (χ1) is 7.66. The molecular formula is C12H13NO3. The number of esters is 1. The van der Waals surface area contributed by atoms with Gasteiger partial charge in [0.15, 0.2) is 0 Å². The minimum atomic E-state index is -0.294. The molecule has 0 aromatic heterocycles. The van der Waals surface area contributed by atoms with Gasteiger partial charge in [0.05, 0.1) is 12.2 Å². The fourth-order valence-electron chi connectivity index (χ4n) is 1.63. The van der Waals surface area contributed by atoms with Crippen LogP contribution in [0, 0.1) is 0 Å². The summed E-state index contributed by atoms with van der Waals surface area (Å²) in [5, 5.41) is 10.8. The van der Waals surface area contributed by atoms with E-state index in [2.05, 4.69) is 0 Å². The van der Waals surface area contributed by atoms with Crippen LogP contribution >= 0.6 is 0 Å². The van der Waals surface area contributed by atoms with Gasteiger partial charge in [0, 0.05) is 12.5 Å². The molecule has 0 unspecified atom stereocenters. The number of hydrogen-bond donors (Lipinski definition) is 1. The lowest BCUT2D eigenvalue weighted by molar-refractivity contribution is -0.142. The molecule has 0 aliphatic carbocycles. The van der Waals surface area contributed by atoms with Crippen LogP contribution in [0.3, 0.4) is 0 Å². The number of anilines is 1. The highest BCUT2D eigenvalue weighted by molar-refractivity contribution is 5.71. The van der Waals surface area contributed by atoms with E-state index < -0.39 is 0 Å². The summed E-state index contributed by atoms with van der Waals surface area (Å²) in [7, 11) is 0. The van der Waals surface area contributed by atoms with Crippen LogP contribution in [0.4, 0.5) is 5.69 Å². The summed E-state index contributed by atoms with van der Waals surface area (Å²) in [5.41, 5.74) is 2.61. The fraction of sp³-hybridized carbons (Fsp3) is 0.250. The number of nitrogens with zero attached hydrogens (tertiary/aromatic N) is 1. The Morgan fingerprint density at radius 2 is 2.38 bits per heavy atom. The van der Waals surface area contributed by atoms with Gasteiger partial charge in [-0.05, 0) is 17.7 Å². The van der Waals surface area contributed by atoms with Gasteiger partial charge in [0.2, 0.25) is 0 Å². The van der Waals surface area contributed by atoms with E-state index in [9.17, 15) is 10.0 Å². The molecule has 0 radical (unpaired) electrons. The van der Waals surface area contributed by atoms with E-state index in [1.54, 1.807) is 0 Å². The zero-order valence-electron chi connectivity index (χ0n) is 9.01. The molecule has 0 amide bonds. The summed E-state index contributed by atoms with van der Waals surface area (Å²) >= 11 is 0. The zero-order valence-corrected chi connectivity index (χ0v) is 9.01. The largest absolute Gasteiger partial charge is 0.461 e. The van der Waals surface area contributed by atoms with Crippen LogP contribution in [-0.4, -0.2) is 17.7 Å². The molecule has 0 atom stereocenters. The smallest absolute Gasteiger partial charge is 0.302 e. The quantitative estimate of drug-likeness (QED) is 0.772. The van der Waals surface area contributed by atoms with Gasteiger partial charge < -0.3 is 4.74 Å². The highest BCUT2D eigenvalue weighted by Gasteiger charge is 2.11. The second-order valence-corrected chi connectivity index (χ2v) is 3.66. The van der Waals surface area contributed by atoms with Crippen LogP contribution < -0.4 is 5.06 Å².